The molecule has 0 aromatic heterocycles. The van der Waals surface area contributed by atoms with Gasteiger partial charge >= 0.3 is 12.1 Å². The van der Waals surface area contributed by atoms with Crippen molar-refractivity contribution in [2.45, 2.75) is 90.9 Å². The first-order valence-electron chi connectivity index (χ1n) is 19.1. The standard InChI is InChI=1S/C43H55FN2O12/c1-25(2)31-18-29(19-32(26(3)4)39(31)55-24-52-9)40(48)45-34-22-46(58-42(50)57-43(5,6)7)17-11-12-35(34)56-41(49)28-15-13-27(14-16-28)38(47)37-33(44)20-30(53-10)21-36(37)54-23-51-8/h13-16,18-21,25-26,34-35H,11-12,17,22-24H2,1-10H3,(H,45,48)/t34-,35-/m1/s1. The van der Waals surface area contributed by atoms with Crippen molar-refractivity contribution in [3.63, 3.8) is 0 Å². The summed E-state index contributed by atoms with van der Waals surface area (Å²) >= 11 is 0. The number of rotatable bonds is 16. The van der Waals surface area contributed by atoms with Crippen molar-refractivity contribution in [3.05, 3.63) is 87.7 Å². The van der Waals surface area contributed by atoms with Crippen LogP contribution < -0.4 is 19.5 Å². The molecule has 2 atom stereocenters. The van der Waals surface area contributed by atoms with Crippen LogP contribution in [0.5, 0.6) is 17.2 Å². The van der Waals surface area contributed by atoms with Crippen LogP contribution in [0.15, 0.2) is 48.5 Å². The van der Waals surface area contributed by atoms with E-state index in [0.29, 0.717) is 24.2 Å². The average Bonchev–Trinajstić information content (AvgIpc) is 3.34. The van der Waals surface area contributed by atoms with E-state index in [2.05, 4.69) is 5.32 Å². The van der Waals surface area contributed by atoms with Crippen molar-refractivity contribution >= 4 is 23.8 Å². The maximum absolute atomic E-state index is 15.2. The summed E-state index contributed by atoms with van der Waals surface area (Å²) in [4.78, 5) is 59.5. The Morgan fingerprint density at radius 3 is 2.02 bits per heavy atom. The van der Waals surface area contributed by atoms with Crippen molar-refractivity contribution in [2.24, 2.45) is 0 Å². The summed E-state index contributed by atoms with van der Waals surface area (Å²) in [5.74, 6) is -1.98. The second-order valence-corrected chi connectivity index (χ2v) is 15.4. The molecule has 58 heavy (non-hydrogen) atoms. The Bertz CT molecular complexity index is 1880. The Morgan fingerprint density at radius 1 is 0.845 bits per heavy atom. The van der Waals surface area contributed by atoms with Crippen molar-refractivity contribution in [1.29, 1.82) is 0 Å². The van der Waals surface area contributed by atoms with E-state index in [9.17, 15) is 19.2 Å². The van der Waals surface area contributed by atoms with Crippen LogP contribution >= 0.6 is 0 Å². The second-order valence-electron chi connectivity index (χ2n) is 15.4. The van der Waals surface area contributed by atoms with Gasteiger partial charge in [0.15, 0.2) is 19.4 Å². The van der Waals surface area contributed by atoms with Gasteiger partial charge in [-0.2, -0.15) is 0 Å². The van der Waals surface area contributed by atoms with E-state index < -0.39 is 47.4 Å². The van der Waals surface area contributed by atoms with Gasteiger partial charge in [0.05, 0.1) is 25.3 Å². The molecule has 1 N–H and O–H groups in total. The monoisotopic (exact) mass is 810 g/mol. The largest absolute Gasteiger partial charge is 0.528 e. The molecule has 0 bridgehead atoms. The fourth-order valence-electron chi connectivity index (χ4n) is 6.27. The van der Waals surface area contributed by atoms with E-state index in [-0.39, 0.29) is 66.7 Å². The molecule has 316 valence electrons. The maximum atomic E-state index is 15.2. The molecule has 15 heteroatoms. The molecule has 3 aromatic rings. The molecule has 0 aliphatic carbocycles. The summed E-state index contributed by atoms with van der Waals surface area (Å²) in [5, 5.41) is 4.42. The van der Waals surface area contributed by atoms with Crippen LogP contribution in [0.4, 0.5) is 9.18 Å². The molecule has 1 fully saturated rings. The number of benzene rings is 3. The fourth-order valence-corrected chi connectivity index (χ4v) is 6.27. The molecule has 0 saturated carbocycles. The van der Waals surface area contributed by atoms with Gasteiger partial charge in [0.2, 0.25) is 0 Å². The highest BCUT2D eigenvalue weighted by atomic mass is 19.1. The lowest BCUT2D eigenvalue weighted by Crippen LogP contribution is -2.50. The zero-order valence-corrected chi connectivity index (χ0v) is 34.9. The lowest BCUT2D eigenvalue weighted by Gasteiger charge is -2.29. The van der Waals surface area contributed by atoms with Gasteiger partial charge in [-0.15, -0.1) is 5.06 Å². The molecule has 0 unspecified atom stereocenters. The number of hydrogen-bond donors (Lipinski definition) is 1. The number of hydrogen-bond acceptors (Lipinski definition) is 13. The smallest absolute Gasteiger partial charge is 0.497 e. The zero-order chi connectivity index (χ0) is 42.7. The summed E-state index contributed by atoms with van der Waals surface area (Å²) in [5.41, 5.74) is 1.06. The Morgan fingerprint density at radius 2 is 1.45 bits per heavy atom. The van der Waals surface area contributed by atoms with Crippen LogP contribution in [0.1, 0.15) is 121 Å². The molecule has 1 amide bonds. The summed E-state index contributed by atoms with van der Waals surface area (Å²) in [6, 6.07) is 10.7. The summed E-state index contributed by atoms with van der Waals surface area (Å²) < 4.78 is 53.2. The summed E-state index contributed by atoms with van der Waals surface area (Å²) in [6.07, 6.45) is -1.04. The number of halogens is 1. The number of carbonyl (C=O) groups is 4. The zero-order valence-electron chi connectivity index (χ0n) is 34.9. The van der Waals surface area contributed by atoms with E-state index in [1.807, 2.05) is 27.7 Å². The number of hydroxylamine groups is 2. The molecule has 1 aliphatic heterocycles. The minimum absolute atomic E-state index is 0.00404. The SMILES string of the molecule is COCOc1cc(OC)cc(F)c1C(=O)c1ccc(C(=O)O[C@@H]2CCCN(OC(=O)OC(C)(C)C)C[C@H]2NC(=O)c2cc(C(C)C)c(OCOC)c(C(C)C)c2)cc1. The number of methoxy groups -OCH3 is 3. The fraction of sp³-hybridized carbons (Fsp3) is 0.488. The molecule has 4 rings (SSSR count). The number of ketones is 1. The predicted octanol–water partition coefficient (Wildman–Crippen LogP) is 7.56. The molecule has 1 aliphatic rings. The third-order valence-electron chi connectivity index (χ3n) is 9.09. The molecule has 14 nitrogen and oxygen atoms in total. The molecule has 1 saturated heterocycles. The summed E-state index contributed by atoms with van der Waals surface area (Å²) in [7, 11) is 4.28. The van der Waals surface area contributed by atoms with Gasteiger partial charge in [-0.3, -0.25) is 9.59 Å². The second kappa shape index (κ2) is 20.4. The van der Waals surface area contributed by atoms with Gasteiger partial charge in [-0.05, 0) is 80.8 Å². The van der Waals surface area contributed by atoms with Crippen molar-refractivity contribution < 1.29 is 61.6 Å². The van der Waals surface area contributed by atoms with Crippen LogP contribution in [-0.4, -0.2) is 94.6 Å². The number of nitrogens with zero attached hydrogens (tertiary/aromatic N) is 1. The minimum Gasteiger partial charge on any atom is -0.497 e. The topological polar surface area (TPSA) is 157 Å². The Balaban J connectivity index is 1.62. The van der Waals surface area contributed by atoms with Crippen LogP contribution in [-0.2, 0) is 23.8 Å². The van der Waals surface area contributed by atoms with E-state index in [4.69, 9.17) is 38.0 Å². The normalized spacial score (nSPS) is 16.0. The molecular formula is C43H55FN2O12. The number of nitrogens with one attached hydrogen (secondary N) is 1. The molecule has 3 aromatic carbocycles. The van der Waals surface area contributed by atoms with E-state index >= 15 is 4.39 Å². The number of carbonyl (C=O) groups excluding carboxylic acids is 4. The molecular weight excluding hydrogens is 755 g/mol. The lowest BCUT2D eigenvalue weighted by molar-refractivity contribution is -0.144. The van der Waals surface area contributed by atoms with Gasteiger partial charge < -0.3 is 43.3 Å². The van der Waals surface area contributed by atoms with Gasteiger partial charge in [0.1, 0.15) is 40.3 Å². The number of esters is 1. The Kier molecular flexibility index (Phi) is 16.0. The number of ether oxygens (including phenoxy) is 7. The predicted molar refractivity (Wildman–Crippen MR) is 211 cm³/mol. The average molecular weight is 811 g/mol. The third kappa shape index (κ3) is 12.1. The highest BCUT2D eigenvalue weighted by molar-refractivity contribution is 6.11. The Labute approximate surface area is 339 Å². The lowest BCUT2D eigenvalue weighted by atomic mass is 9.91. The van der Waals surface area contributed by atoms with Crippen LogP contribution in [0.25, 0.3) is 0 Å². The van der Waals surface area contributed by atoms with E-state index in [1.165, 1.54) is 56.7 Å². The van der Waals surface area contributed by atoms with E-state index in [1.54, 1.807) is 32.9 Å². The first-order valence-corrected chi connectivity index (χ1v) is 19.1. The molecule has 1 heterocycles. The first-order chi connectivity index (χ1) is 27.5. The van der Waals surface area contributed by atoms with Gasteiger partial charge in [-0.25, -0.2) is 14.0 Å². The van der Waals surface area contributed by atoms with Crippen LogP contribution in [0, 0.1) is 5.82 Å². The van der Waals surface area contributed by atoms with Crippen LogP contribution in [0.2, 0.25) is 0 Å². The van der Waals surface area contributed by atoms with Gasteiger partial charge in [0.25, 0.3) is 5.91 Å². The first kappa shape index (κ1) is 45.5. The van der Waals surface area contributed by atoms with Crippen molar-refractivity contribution in [1.82, 2.24) is 10.4 Å². The highest BCUT2D eigenvalue weighted by Gasteiger charge is 2.35. The molecule has 0 radical (unpaired) electrons. The van der Waals surface area contributed by atoms with Gasteiger partial charge in [0, 0.05) is 44.0 Å². The highest BCUT2D eigenvalue weighted by Crippen LogP contribution is 2.36. The summed E-state index contributed by atoms with van der Waals surface area (Å²) in [6.45, 7) is 13.2. The Hall–Kier alpha value is -5.25. The van der Waals surface area contributed by atoms with E-state index in [0.717, 1.165) is 17.2 Å². The van der Waals surface area contributed by atoms with Crippen LogP contribution in [0.3, 0.4) is 0 Å². The van der Waals surface area contributed by atoms with Crippen molar-refractivity contribution in [3.8, 4) is 17.2 Å². The van der Waals surface area contributed by atoms with Gasteiger partial charge in [-0.1, -0.05) is 39.8 Å². The number of amides is 1. The third-order valence-corrected chi connectivity index (χ3v) is 9.09. The van der Waals surface area contributed by atoms with Crippen molar-refractivity contribution in [2.75, 3.05) is 48.0 Å². The quantitative estimate of drug-likeness (QED) is 0.0860. The molecule has 0 spiro atoms. The maximum Gasteiger partial charge on any atom is 0.528 e. The minimum atomic E-state index is -0.913.